The van der Waals surface area contributed by atoms with Gasteiger partial charge in [0.1, 0.15) is 11.4 Å². The molecule has 1 saturated heterocycles. The minimum atomic E-state index is -0.287. The van der Waals surface area contributed by atoms with Gasteiger partial charge in [-0.3, -0.25) is 9.59 Å². The Labute approximate surface area is 144 Å². The number of thioether (sulfide) groups is 1. The van der Waals surface area contributed by atoms with Crippen molar-refractivity contribution in [2.24, 2.45) is 7.05 Å². The zero-order valence-corrected chi connectivity index (χ0v) is 14.3. The van der Waals surface area contributed by atoms with Crippen LogP contribution in [-0.4, -0.2) is 34.2 Å². The van der Waals surface area contributed by atoms with Gasteiger partial charge in [-0.05, 0) is 24.6 Å². The Morgan fingerprint density at radius 1 is 1.21 bits per heavy atom. The molecule has 0 saturated carbocycles. The summed E-state index contributed by atoms with van der Waals surface area (Å²) in [7, 11) is 1.63. The van der Waals surface area contributed by atoms with Crippen LogP contribution in [0, 0.1) is 5.82 Å². The van der Waals surface area contributed by atoms with Gasteiger partial charge in [0.15, 0.2) is 0 Å². The van der Waals surface area contributed by atoms with Crippen molar-refractivity contribution in [1.29, 1.82) is 0 Å². The number of pyridine rings is 1. The molecule has 1 fully saturated rings. The quantitative estimate of drug-likeness (QED) is 0.840. The average molecular weight is 346 g/mol. The molecule has 1 atom stereocenters. The van der Waals surface area contributed by atoms with E-state index in [2.05, 4.69) is 0 Å². The predicted molar refractivity (Wildman–Crippen MR) is 93.8 cm³/mol. The number of amides is 1. The van der Waals surface area contributed by atoms with E-state index in [-0.39, 0.29) is 28.1 Å². The van der Waals surface area contributed by atoms with Crippen molar-refractivity contribution in [2.75, 3.05) is 18.8 Å². The Morgan fingerprint density at radius 2 is 2.00 bits per heavy atom. The molecule has 2 aromatic rings. The summed E-state index contributed by atoms with van der Waals surface area (Å²) in [5.74, 6) is 0.274. The van der Waals surface area contributed by atoms with Crippen LogP contribution in [0.1, 0.15) is 27.6 Å². The lowest BCUT2D eigenvalue weighted by Gasteiger charge is -2.20. The predicted octanol–water partition coefficient (Wildman–Crippen LogP) is 2.84. The largest absolute Gasteiger partial charge is 0.338 e. The number of aromatic nitrogens is 1. The Morgan fingerprint density at radius 3 is 2.79 bits per heavy atom. The SMILES string of the molecule is Cn1cccc(C(=O)N2CCSC(c3ccccc3F)CC2)c1=O. The number of rotatable bonds is 2. The number of nitrogens with zero attached hydrogens (tertiary/aromatic N) is 2. The van der Waals surface area contributed by atoms with E-state index in [1.54, 1.807) is 54.2 Å². The number of benzene rings is 1. The van der Waals surface area contributed by atoms with Gasteiger partial charge in [0.2, 0.25) is 0 Å². The first kappa shape index (κ1) is 16.8. The van der Waals surface area contributed by atoms with Crippen molar-refractivity contribution in [1.82, 2.24) is 9.47 Å². The molecule has 2 heterocycles. The van der Waals surface area contributed by atoms with Crippen molar-refractivity contribution in [3.05, 3.63) is 69.9 Å². The zero-order valence-electron chi connectivity index (χ0n) is 13.4. The van der Waals surface area contributed by atoms with E-state index in [4.69, 9.17) is 0 Å². The summed E-state index contributed by atoms with van der Waals surface area (Å²) in [4.78, 5) is 26.5. The van der Waals surface area contributed by atoms with Crippen LogP contribution in [0.3, 0.4) is 0 Å². The molecule has 1 aromatic carbocycles. The van der Waals surface area contributed by atoms with Crippen molar-refractivity contribution >= 4 is 17.7 Å². The lowest BCUT2D eigenvalue weighted by molar-refractivity contribution is 0.0764. The highest BCUT2D eigenvalue weighted by molar-refractivity contribution is 7.99. The van der Waals surface area contributed by atoms with E-state index in [1.165, 1.54) is 10.6 Å². The van der Waals surface area contributed by atoms with Gasteiger partial charge in [0.25, 0.3) is 11.5 Å². The molecule has 6 heteroatoms. The van der Waals surface area contributed by atoms with E-state index in [9.17, 15) is 14.0 Å². The molecule has 0 bridgehead atoms. The minimum absolute atomic E-state index is 0.0302. The number of halogens is 1. The standard InChI is InChI=1S/C18H19FN2O2S/c1-20-9-4-6-14(17(20)22)18(23)21-10-8-16(24-12-11-21)13-5-2-3-7-15(13)19/h2-7,9,16H,8,10-12H2,1H3. The maximum atomic E-state index is 14.0. The fourth-order valence-electron chi connectivity index (χ4n) is 2.89. The van der Waals surface area contributed by atoms with E-state index in [0.29, 0.717) is 25.1 Å². The Kier molecular flexibility index (Phi) is 5.04. The van der Waals surface area contributed by atoms with Crippen LogP contribution in [0.15, 0.2) is 47.4 Å². The fourth-order valence-corrected chi connectivity index (χ4v) is 4.14. The molecule has 0 radical (unpaired) electrons. The van der Waals surface area contributed by atoms with Crippen LogP contribution in [0.2, 0.25) is 0 Å². The third-order valence-electron chi connectivity index (χ3n) is 4.23. The normalized spacial score (nSPS) is 18.2. The van der Waals surface area contributed by atoms with Crippen LogP contribution < -0.4 is 5.56 Å². The van der Waals surface area contributed by atoms with Crippen LogP contribution in [0.25, 0.3) is 0 Å². The van der Waals surface area contributed by atoms with Crippen LogP contribution in [0.4, 0.5) is 4.39 Å². The van der Waals surface area contributed by atoms with E-state index < -0.39 is 0 Å². The molecule has 1 aliphatic heterocycles. The van der Waals surface area contributed by atoms with E-state index in [1.807, 2.05) is 6.07 Å². The maximum absolute atomic E-state index is 14.0. The monoisotopic (exact) mass is 346 g/mol. The fraction of sp³-hybridized carbons (Fsp3) is 0.333. The number of hydrogen-bond donors (Lipinski definition) is 0. The number of carbonyl (C=O) groups is 1. The topological polar surface area (TPSA) is 42.3 Å². The van der Waals surface area contributed by atoms with E-state index in [0.717, 1.165) is 5.75 Å². The lowest BCUT2D eigenvalue weighted by Crippen LogP contribution is -2.37. The van der Waals surface area contributed by atoms with Gasteiger partial charge < -0.3 is 9.47 Å². The second kappa shape index (κ2) is 7.21. The van der Waals surface area contributed by atoms with Gasteiger partial charge in [0, 0.05) is 42.9 Å². The molecule has 1 amide bonds. The Balaban J connectivity index is 1.76. The second-order valence-electron chi connectivity index (χ2n) is 5.80. The average Bonchev–Trinajstić information content (AvgIpc) is 2.83. The number of carbonyl (C=O) groups excluding carboxylic acids is 1. The van der Waals surface area contributed by atoms with Crippen LogP contribution in [0.5, 0.6) is 0 Å². The zero-order chi connectivity index (χ0) is 17.1. The maximum Gasteiger partial charge on any atom is 0.263 e. The number of hydrogen-bond acceptors (Lipinski definition) is 3. The third-order valence-corrected chi connectivity index (χ3v) is 5.54. The Hall–Kier alpha value is -2.08. The first-order chi connectivity index (χ1) is 11.6. The van der Waals surface area contributed by atoms with Crippen molar-refractivity contribution in [2.45, 2.75) is 11.7 Å². The first-order valence-electron chi connectivity index (χ1n) is 7.89. The minimum Gasteiger partial charge on any atom is -0.338 e. The molecular formula is C18H19FN2O2S. The van der Waals surface area contributed by atoms with Crippen molar-refractivity contribution in [3.8, 4) is 0 Å². The van der Waals surface area contributed by atoms with Gasteiger partial charge in [-0.2, -0.15) is 11.8 Å². The summed E-state index contributed by atoms with van der Waals surface area (Å²) in [6.07, 6.45) is 2.30. The summed E-state index contributed by atoms with van der Waals surface area (Å²) in [5.41, 5.74) is 0.590. The van der Waals surface area contributed by atoms with Crippen LogP contribution in [-0.2, 0) is 7.05 Å². The van der Waals surface area contributed by atoms with Gasteiger partial charge in [-0.15, -0.1) is 0 Å². The highest BCUT2D eigenvalue weighted by atomic mass is 32.2. The highest BCUT2D eigenvalue weighted by Gasteiger charge is 2.25. The summed E-state index contributed by atoms with van der Waals surface area (Å²) < 4.78 is 15.4. The Bertz CT molecular complexity index is 806. The van der Waals surface area contributed by atoms with Gasteiger partial charge >= 0.3 is 0 Å². The molecule has 0 aliphatic carbocycles. The summed E-state index contributed by atoms with van der Waals surface area (Å²) >= 11 is 1.66. The molecule has 126 valence electrons. The molecule has 3 rings (SSSR count). The molecule has 4 nitrogen and oxygen atoms in total. The first-order valence-corrected chi connectivity index (χ1v) is 8.94. The van der Waals surface area contributed by atoms with Crippen LogP contribution >= 0.6 is 11.8 Å². The van der Waals surface area contributed by atoms with Crippen molar-refractivity contribution in [3.63, 3.8) is 0 Å². The molecule has 1 unspecified atom stereocenters. The molecule has 0 spiro atoms. The van der Waals surface area contributed by atoms with Gasteiger partial charge in [0.05, 0.1) is 0 Å². The van der Waals surface area contributed by atoms with Gasteiger partial charge in [-0.25, -0.2) is 4.39 Å². The van der Waals surface area contributed by atoms with Crippen molar-refractivity contribution < 1.29 is 9.18 Å². The molecule has 24 heavy (non-hydrogen) atoms. The molecule has 1 aliphatic rings. The number of aryl methyl sites for hydroxylation is 1. The summed E-state index contributed by atoms with van der Waals surface area (Å²) in [6.45, 7) is 1.08. The lowest BCUT2D eigenvalue weighted by atomic mass is 10.1. The molecule has 0 N–H and O–H groups in total. The smallest absolute Gasteiger partial charge is 0.263 e. The highest BCUT2D eigenvalue weighted by Crippen LogP contribution is 2.35. The summed E-state index contributed by atoms with van der Waals surface area (Å²) in [6, 6.07) is 10.1. The summed E-state index contributed by atoms with van der Waals surface area (Å²) in [5, 5.41) is 0.0302. The third kappa shape index (κ3) is 3.38. The van der Waals surface area contributed by atoms with E-state index >= 15 is 0 Å². The molecular weight excluding hydrogens is 327 g/mol. The second-order valence-corrected chi connectivity index (χ2v) is 7.11. The molecule has 1 aromatic heterocycles. The van der Waals surface area contributed by atoms with Gasteiger partial charge in [-0.1, -0.05) is 18.2 Å².